The first kappa shape index (κ1) is 23.7. The van der Waals surface area contributed by atoms with E-state index in [1.165, 1.54) is 23.5 Å². The van der Waals surface area contributed by atoms with Gasteiger partial charge in [-0.3, -0.25) is 14.9 Å². The number of amides is 1. The van der Waals surface area contributed by atoms with E-state index in [0.717, 1.165) is 15.3 Å². The predicted molar refractivity (Wildman–Crippen MR) is 130 cm³/mol. The zero-order chi connectivity index (χ0) is 24.2. The highest BCUT2D eigenvalue weighted by Crippen LogP contribution is 2.30. The van der Waals surface area contributed by atoms with E-state index in [0.29, 0.717) is 30.1 Å². The summed E-state index contributed by atoms with van der Waals surface area (Å²) in [6.45, 7) is 4.91. The van der Waals surface area contributed by atoms with E-state index in [4.69, 9.17) is 14.2 Å². The molecule has 2 aromatic carbocycles. The van der Waals surface area contributed by atoms with Crippen molar-refractivity contribution in [3.05, 3.63) is 57.1 Å². The molecular formula is C24H25N3O6S. The molecule has 2 atom stereocenters. The van der Waals surface area contributed by atoms with Crippen molar-refractivity contribution in [3.8, 4) is 11.5 Å². The minimum absolute atomic E-state index is 0.00106. The molecule has 3 aromatic rings. The maximum atomic E-state index is 12.6. The van der Waals surface area contributed by atoms with Crippen LogP contribution in [0.3, 0.4) is 0 Å². The Labute approximate surface area is 200 Å². The minimum atomic E-state index is -0.417. The van der Waals surface area contributed by atoms with Crippen LogP contribution >= 0.6 is 11.3 Å². The second-order valence-electron chi connectivity index (χ2n) is 8.05. The SMILES string of the molecule is COc1cc(/C=C/c2nc3ccc([N+](=O)[O-])cc3s2)ccc1OCC(=O)N1C[C@H](C)O[C@@H](C)C1. The fourth-order valence-electron chi connectivity index (χ4n) is 3.80. The van der Waals surface area contributed by atoms with E-state index < -0.39 is 4.92 Å². The third kappa shape index (κ3) is 5.52. The summed E-state index contributed by atoms with van der Waals surface area (Å²) < 4.78 is 17.6. The number of hydrogen-bond donors (Lipinski definition) is 0. The summed E-state index contributed by atoms with van der Waals surface area (Å²) in [6.07, 6.45) is 3.72. The van der Waals surface area contributed by atoms with Gasteiger partial charge in [-0.25, -0.2) is 4.98 Å². The van der Waals surface area contributed by atoms with Crippen LogP contribution < -0.4 is 9.47 Å². The van der Waals surface area contributed by atoms with Gasteiger partial charge in [0.05, 0.1) is 34.5 Å². The van der Waals surface area contributed by atoms with E-state index in [-0.39, 0.29) is 30.4 Å². The number of nitro groups is 1. The number of nitrogens with zero attached hydrogens (tertiary/aromatic N) is 3. The molecule has 0 saturated carbocycles. The Morgan fingerprint density at radius 2 is 1.97 bits per heavy atom. The smallest absolute Gasteiger partial charge is 0.270 e. The molecule has 0 radical (unpaired) electrons. The van der Waals surface area contributed by atoms with Crippen molar-refractivity contribution in [3.63, 3.8) is 0 Å². The van der Waals surface area contributed by atoms with E-state index in [1.54, 1.807) is 24.1 Å². The molecule has 1 saturated heterocycles. The molecule has 1 amide bonds. The summed E-state index contributed by atoms with van der Waals surface area (Å²) >= 11 is 1.38. The number of carbonyl (C=O) groups is 1. The Bertz CT molecular complexity index is 1230. The average molecular weight is 484 g/mol. The number of hydrogen-bond acceptors (Lipinski definition) is 8. The molecule has 0 unspecified atom stereocenters. The lowest BCUT2D eigenvalue weighted by molar-refractivity contribution is -0.384. The Kier molecular flexibility index (Phi) is 7.09. The Hall–Kier alpha value is -3.50. The van der Waals surface area contributed by atoms with E-state index in [2.05, 4.69) is 4.98 Å². The number of carbonyl (C=O) groups excluding carboxylic acids is 1. The van der Waals surface area contributed by atoms with Gasteiger partial charge in [0.15, 0.2) is 18.1 Å². The highest BCUT2D eigenvalue weighted by atomic mass is 32.1. The van der Waals surface area contributed by atoms with Gasteiger partial charge in [-0.15, -0.1) is 11.3 Å². The van der Waals surface area contributed by atoms with Crippen LogP contribution in [0.2, 0.25) is 0 Å². The molecular weight excluding hydrogens is 458 g/mol. The average Bonchev–Trinajstić information content (AvgIpc) is 3.23. The summed E-state index contributed by atoms with van der Waals surface area (Å²) in [7, 11) is 1.54. The minimum Gasteiger partial charge on any atom is -0.493 e. The lowest BCUT2D eigenvalue weighted by Gasteiger charge is -2.35. The number of rotatable bonds is 7. The summed E-state index contributed by atoms with van der Waals surface area (Å²) in [4.78, 5) is 29.4. The van der Waals surface area contributed by atoms with Crippen LogP contribution in [0.4, 0.5) is 5.69 Å². The first-order chi connectivity index (χ1) is 16.3. The summed E-state index contributed by atoms with van der Waals surface area (Å²) in [5.41, 5.74) is 1.62. The van der Waals surface area contributed by atoms with Gasteiger partial charge in [0, 0.05) is 25.2 Å². The highest BCUT2D eigenvalue weighted by molar-refractivity contribution is 7.19. The standard InChI is InChI=1S/C24H25N3O6S/c1-15-12-26(13-16(2)33-15)24(28)14-32-20-8-4-17(10-21(20)31-3)5-9-23-25-19-7-6-18(27(29)30)11-22(19)34-23/h4-11,15-16H,12-14H2,1-3H3/b9-5+/t15-,16-/m0/s1. The summed E-state index contributed by atoms with van der Waals surface area (Å²) in [5, 5.41) is 11.7. The van der Waals surface area contributed by atoms with Crippen molar-refractivity contribution in [2.75, 3.05) is 26.8 Å². The number of benzene rings is 2. The molecule has 0 N–H and O–H groups in total. The van der Waals surface area contributed by atoms with Crippen molar-refractivity contribution in [2.24, 2.45) is 0 Å². The van der Waals surface area contributed by atoms with Gasteiger partial charge < -0.3 is 19.1 Å². The van der Waals surface area contributed by atoms with Gasteiger partial charge in [0.25, 0.3) is 11.6 Å². The molecule has 4 rings (SSSR count). The van der Waals surface area contributed by atoms with Crippen molar-refractivity contribution in [2.45, 2.75) is 26.1 Å². The van der Waals surface area contributed by atoms with Crippen LogP contribution in [-0.2, 0) is 9.53 Å². The number of ether oxygens (including phenoxy) is 3. The summed E-state index contributed by atoms with van der Waals surface area (Å²) in [6, 6.07) is 10.1. The van der Waals surface area contributed by atoms with Crippen molar-refractivity contribution in [1.29, 1.82) is 0 Å². The molecule has 1 fully saturated rings. The maximum Gasteiger partial charge on any atom is 0.270 e. The number of non-ortho nitro benzene ring substituents is 1. The predicted octanol–water partition coefficient (Wildman–Crippen LogP) is 4.40. The van der Waals surface area contributed by atoms with Crippen LogP contribution in [0.15, 0.2) is 36.4 Å². The number of morpholine rings is 1. The third-order valence-corrected chi connectivity index (χ3v) is 6.31. The largest absolute Gasteiger partial charge is 0.493 e. The first-order valence-corrected chi connectivity index (χ1v) is 11.6. The van der Waals surface area contributed by atoms with E-state index in [1.807, 2.05) is 38.1 Å². The first-order valence-electron chi connectivity index (χ1n) is 10.8. The molecule has 1 aliphatic heterocycles. The molecule has 0 spiro atoms. The number of methoxy groups -OCH3 is 1. The van der Waals surface area contributed by atoms with Gasteiger partial charge >= 0.3 is 0 Å². The number of fused-ring (bicyclic) bond motifs is 1. The molecule has 0 aliphatic carbocycles. The van der Waals surface area contributed by atoms with Gasteiger partial charge in [0.2, 0.25) is 0 Å². The molecule has 0 bridgehead atoms. The molecule has 2 heterocycles. The second-order valence-corrected chi connectivity index (χ2v) is 9.11. The fraction of sp³-hybridized carbons (Fsp3) is 0.333. The topological polar surface area (TPSA) is 104 Å². The van der Waals surface area contributed by atoms with Gasteiger partial charge in [-0.2, -0.15) is 0 Å². The van der Waals surface area contributed by atoms with Gasteiger partial charge in [0.1, 0.15) is 5.01 Å². The Morgan fingerprint density at radius 1 is 1.21 bits per heavy atom. The Balaban J connectivity index is 1.42. The van der Waals surface area contributed by atoms with E-state index >= 15 is 0 Å². The molecule has 34 heavy (non-hydrogen) atoms. The third-order valence-electron chi connectivity index (χ3n) is 5.33. The van der Waals surface area contributed by atoms with Crippen molar-refractivity contribution in [1.82, 2.24) is 9.88 Å². The van der Waals surface area contributed by atoms with Crippen LogP contribution in [0.25, 0.3) is 22.4 Å². The zero-order valence-corrected chi connectivity index (χ0v) is 19.9. The highest BCUT2D eigenvalue weighted by Gasteiger charge is 2.26. The zero-order valence-electron chi connectivity index (χ0n) is 19.1. The van der Waals surface area contributed by atoms with Crippen molar-refractivity contribution < 1.29 is 23.9 Å². The second kappa shape index (κ2) is 10.2. The quantitative estimate of drug-likeness (QED) is 0.362. The van der Waals surface area contributed by atoms with Gasteiger partial charge in [-0.05, 0) is 43.7 Å². The fourth-order valence-corrected chi connectivity index (χ4v) is 4.71. The lowest BCUT2D eigenvalue weighted by Crippen LogP contribution is -2.49. The van der Waals surface area contributed by atoms with Gasteiger partial charge in [-0.1, -0.05) is 12.1 Å². The summed E-state index contributed by atoms with van der Waals surface area (Å²) in [5.74, 6) is 0.900. The normalized spacial score (nSPS) is 18.4. The van der Waals surface area contributed by atoms with E-state index in [9.17, 15) is 14.9 Å². The Morgan fingerprint density at radius 3 is 2.68 bits per heavy atom. The van der Waals surface area contributed by atoms with Crippen molar-refractivity contribution >= 4 is 45.3 Å². The van der Waals surface area contributed by atoms with Crippen LogP contribution in [0.1, 0.15) is 24.4 Å². The number of aromatic nitrogens is 1. The number of nitro benzene ring substituents is 1. The van der Waals surface area contributed by atoms with Crippen LogP contribution in [0, 0.1) is 10.1 Å². The maximum absolute atomic E-state index is 12.6. The molecule has 1 aromatic heterocycles. The van der Waals surface area contributed by atoms with Crippen LogP contribution in [-0.4, -0.2) is 59.7 Å². The number of thiazole rings is 1. The molecule has 10 heteroatoms. The monoisotopic (exact) mass is 483 g/mol. The lowest BCUT2D eigenvalue weighted by atomic mass is 10.2. The molecule has 1 aliphatic rings. The molecule has 9 nitrogen and oxygen atoms in total. The van der Waals surface area contributed by atoms with Crippen LogP contribution in [0.5, 0.6) is 11.5 Å². The molecule has 178 valence electrons.